The van der Waals surface area contributed by atoms with Crippen molar-refractivity contribution in [3.63, 3.8) is 0 Å². The lowest BCUT2D eigenvalue weighted by Gasteiger charge is -2.09. The molecule has 3 N–H and O–H groups in total. The summed E-state index contributed by atoms with van der Waals surface area (Å²) in [5.41, 5.74) is 5.36. The zero-order valence-electron chi connectivity index (χ0n) is 15.5. The number of urea groups is 1. The van der Waals surface area contributed by atoms with Crippen LogP contribution in [0.4, 0.5) is 4.79 Å². The van der Waals surface area contributed by atoms with Crippen LogP contribution in [-0.4, -0.2) is 22.5 Å². The van der Waals surface area contributed by atoms with Gasteiger partial charge in [0.05, 0.1) is 0 Å². The number of H-pyrrole nitrogens is 1. The van der Waals surface area contributed by atoms with Crippen molar-refractivity contribution in [2.24, 2.45) is 0 Å². The number of pyridine rings is 1. The minimum atomic E-state index is -0.151. The van der Waals surface area contributed by atoms with Crippen molar-refractivity contribution in [3.05, 3.63) is 90.3 Å². The summed E-state index contributed by atoms with van der Waals surface area (Å²) in [4.78, 5) is 19.5. The van der Waals surface area contributed by atoms with E-state index in [1.165, 1.54) is 5.56 Å². The van der Waals surface area contributed by atoms with Gasteiger partial charge in [-0.25, -0.2) is 9.78 Å². The summed E-state index contributed by atoms with van der Waals surface area (Å²) in [5.74, 6) is 0. The Morgan fingerprint density at radius 1 is 0.893 bits per heavy atom. The molecule has 5 nitrogen and oxygen atoms in total. The predicted molar refractivity (Wildman–Crippen MR) is 112 cm³/mol. The van der Waals surface area contributed by atoms with E-state index in [1.54, 1.807) is 0 Å². The molecule has 0 saturated heterocycles. The molecule has 2 aromatic heterocycles. The van der Waals surface area contributed by atoms with E-state index in [2.05, 4.69) is 44.9 Å². The lowest BCUT2D eigenvalue weighted by molar-refractivity contribution is 0.240. The number of fused-ring (bicyclic) bond motifs is 1. The Balaban J connectivity index is 1.31. The molecule has 0 radical (unpaired) electrons. The quantitative estimate of drug-likeness (QED) is 0.474. The first kappa shape index (κ1) is 17.8. The highest BCUT2D eigenvalue weighted by atomic mass is 16.2. The molecule has 0 bridgehead atoms. The fourth-order valence-electron chi connectivity index (χ4n) is 3.17. The lowest BCUT2D eigenvalue weighted by Crippen LogP contribution is -2.36. The first-order valence-electron chi connectivity index (χ1n) is 9.36. The standard InChI is InChI=1S/C23H22N4O/c28-23(27-15-18-5-2-1-3-6-18)25-11-9-17-7-4-8-19(13-17)21-14-20-10-12-24-22(20)26-16-21/h1-8,10,12-14,16H,9,11,15H2,(H,24,26)(H2,25,27,28). The number of hydrogen-bond donors (Lipinski definition) is 3. The molecule has 0 saturated carbocycles. The first-order valence-corrected chi connectivity index (χ1v) is 9.36. The molecule has 0 aliphatic rings. The normalized spacial score (nSPS) is 10.7. The van der Waals surface area contributed by atoms with Crippen molar-refractivity contribution in [3.8, 4) is 11.1 Å². The molecule has 140 valence electrons. The van der Waals surface area contributed by atoms with Crippen molar-refractivity contribution in [1.29, 1.82) is 0 Å². The predicted octanol–water partition coefficient (Wildman–Crippen LogP) is 4.27. The number of nitrogens with one attached hydrogen (secondary N) is 3. The molecule has 0 aliphatic heterocycles. The number of hydrogen-bond acceptors (Lipinski definition) is 2. The third-order valence-corrected chi connectivity index (χ3v) is 4.66. The van der Waals surface area contributed by atoms with Crippen LogP contribution in [0.1, 0.15) is 11.1 Å². The Bertz CT molecular complexity index is 1070. The minimum absolute atomic E-state index is 0.151. The van der Waals surface area contributed by atoms with Gasteiger partial charge in [-0.1, -0.05) is 54.6 Å². The molecular formula is C23H22N4O. The van der Waals surface area contributed by atoms with Gasteiger partial charge in [0.25, 0.3) is 0 Å². The van der Waals surface area contributed by atoms with Crippen LogP contribution in [0.25, 0.3) is 22.2 Å². The summed E-state index contributed by atoms with van der Waals surface area (Å²) >= 11 is 0. The van der Waals surface area contributed by atoms with Crippen molar-refractivity contribution < 1.29 is 4.79 Å². The van der Waals surface area contributed by atoms with Gasteiger partial charge < -0.3 is 15.6 Å². The molecule has 28 heavy (non-hydrogen) atoms. The Morgan fingerprint density at radius 3 is 2.64 bits per heavy atom. The van der Waals surface area contributed by atoms with Gasteiger partial charge in [-0.05, 0) is 35.2 Å². The topological polar surface area (TPSA) is 69.8 Å². The zero-order chi connectivity index (χ0) is 19.2. The van der Waals surface area contributed by atoms with Gasteiger partial charge in [0.2, 0.25) is 0 Å². The van der Waals surface area contributed by atoms with Crippen LogP contribution < -0.4 is 10.6 Å². The van der Waals surface area contributed by atoms with E-state index < -0.39 is 0 Å². The van der Waals surface area contributed by atoms with Crippen molar-refractivity contribution in [2.75, 3.05) is 6.54 Å². The Labute approximate surface area is 163 Å². The Kier molecular flexibility index (Phi) is 5.33. The number of carbonyl (C=O) groups excluding carboxylic acids is 1. The maximum Gasteiger partial charge on any atom is 0.315 e. The largest absolute Gasteiger partial charge is 0.346 e. The van der Waals surface area contributed by atoms with Crippen molar-refractivity contribution in [1.82, 2.24) is 20.6 Å². The van der Waals surface area contributed by atoms with Gasteiger partial charge in [-0.2, -0.15) is 0 Å². The molecule has 0 aliphatic carbocycles. The highest BCUT2D eigenvalue weighted by Gasteiger charge is 2.04. The van der Waals surface area contributed by atoms with Crippen LogP contribution in [0.5, 0.6) is 0 Å². The van der Waals surface area contributed by atoms with Gasteiger partial charge in [0, 0.05) is 36.4 Å². The van der Waals surface area contributed by atoms with Crippen molar-refractivity contribution >= 4 is 17.1 Å². The molecular weight excluding hydrogens is 348 g/mol. The van der Waals surface area contributed by atoms with E-state index in [-0.39, 0.29) is 6.03 Å². The first-order chi connectivity index (χ1) is 13.8. The van der Waals surface area contributed by atoms with Gasteiger partial charge in [-0.15, -0.1) is 0 Å². The summed E-state index contributed by atoms with van der Waals surface area (Å²) in [5, 5.41) is 6.89. The van der Waals surface area contributed by atoms with Gasteiger partial charge >= 0.3 is 6.03 Å². The molecule has 0 unspecified atom stereocenters. The number of nitrogens with zero attached hydrogens (tertiary/aromatic N) is 1. The number of carbonyl (C=O) groups is 1. The second-order valence-electron chi connectivity index (χ2n) is 6.68. The van der Waals surface area contributed by atoms with E-state index in [0.29, 0.717) is 13.1 Å². The van der Waals surface area contributed by atoms with Gasteiger partial charge in [-0.3, -0.25) is 0 Å². The number of aromatic amines is 1. The number of benzene rings is 2. The van der Waals surface area contributed by atoms with Gasteiger partial charge in [0.15, 0.2) is 0 Å². The molecule has 2 heterocycles. The van der Waals surface area contributed by atoms with Gasteiger partial charge in [0.1, 0.15) is 5.65 Å². The fourth-order valence-corrected chi connectivity index (χ4v) is 3.17. The van der Waals surface area contributed by atoms with E-state index in [4.69, 9.17) is 0 Å². The van der Waals surface area contributed by atoms with E-state index in [0.717, 1.165) is 34.1 Å². The number of rotatable bonds is 6. The smallest absolute Gasteiger partial charge is 0.315 e. The third kappa shape index (κ3) is 4.38. The Morgan fingerprint density at radius 2 is 1.75 bits per heavy atom. The average Bonchev–Trinajstić information content (AvgIpc) is 3.21. The molecule has 4 rings (SSSR count). The highest BCUT2D eigenvalue weighted by molar-refractivity contribution is 5.81. The van der Waals surface area contributed by atoms with Crippen LogP contribution >= 0.6 is 0 Å². The van der Waals surface area contributed by atoms with E-state index in [9.17, 15) is 4.79 Å². The maximum atomic E-state index is 12.0. The highest BCUT2D eigenvalue weighted by Crippen LogP contribution is 2.23. The summed E-state index contributed by atoms with van der Waals surface area (Å²) < 4.78 is 0. The SMILES string of the molecule is O=C(NCCc1cccc(-c2cnc3[nH]ccc3c2)c1)NCc1ccccc1. The van der Waals surface area contributed by atoms with E-state index in [1.807, 2.05) is 54.9 Å². The second-order valence-corrected chi connectivity index (χ2v) is 6.68. The summed E-state index contributed by atoms with van der Waals surface area (Å²) in [6.07, 6.45) is 4.55. The molecule has 5 heteroatoms. The van der Waals surface area contributed by atoms with Crippen LogP contribution in [0.2, 0.25) is 0 Å². The third-order valence-electron chi connectivity index (χ3n) is 4.66. The lowest BCUT2D eigenvalue weighted by atomic mass is 10.0. The second kappa shape index (κ2) is 8.39. The fraction of sp³-hybridized carbons (Fsp3) is 0.130. The van der Waals surface area contributed by atoms with Crippen LogP contribution in [0.15, 0.2) is 79.1 Å². The number of aromatic nitrogens is 2. The summed E-state index contributed by atoms with van der Waals surface area (Å²) in [7, 11) is 0. The summed E-state index contributed by atoms with van der Waals surface area (Å²) in [6, 6.07) is 22.2. The molecule has 0 spiro atoms. The molecule has 0 fully saturated rings. The molecule has 0 atom stereocenters. The van der Waals surface area contributed by atoms with Crippen LogP contribution in [-0.2, 0) is 13.0 Å². The summed E-state index contributed by atoms with van der Waals surface area (Å²) in [6.45, 7) is 1.11. The monoisotopic (exact) mass is 370 g/mol. The Hall–Kier alpha value is -3.60. The zero-order valence-corrected chi connectivity index (χ0v) is 15.5. The van der Waals surface area contributed by atoms with E-state index >= 15 is 0 Å². The van der Waals surface area contributed by atoms with Crippen LogP contribution in [0.3, 0.4) is 0 Å². The maximum absolute atomic E-state index is 12.0. The van der Waals surface area contributed by atoms with Crippen molar-refractivity contribution in [2.45, 2.75) is 13.0 Å². The number of amides is 2. The molecule has 2 amide bonds. The van der Waals surface area contributed by atoms with Crippen LogP contribution in [0, 0.1) is 0 Å². The minimum Gasteiger partial charge on any atom is -0.346 e. The molecule has 2 aromatic carbocycles. The average molecular weight is 370 g/mol. The molecule has 4 aromatic rings.